The monoisotopic (exact) mass is 882 g/mol. The van der Waals surface area contributed by atoms with Crippen LogP contribution >= 0.6 is 0 Å². The van der Waals surface area contributed by atoms with Gasteiger partial charge < -0.3 is 18.2 Å². The van der Waals surface area contributed by atoms with Crippen LogP contribution < -0.4 is 15.7 Å². The van der Waals surface area contributed by atoms with Crippen LogP contribution in [0, 0.1) is 0 Å². The van der Waals surface area contributed by atoms with Gasteiger partial charge in [-0.3, -0.25) is 0 Å². The van der Waals surface area contributed by atoms with Crippen LogP contribution in [0.5, 0.6) is 0 Å². The molecular weight excluding hydrogens is 828 g/mol. The number of rotatable bonds is 1. The molecule has 0 radical (unpaired) electrons. The summed E-state index contributed by atoms with van der Waals surface area (Å²) in [5.41, 5.74) is 23.8. The van der Waals surface area contributed by atoms with Crippen LogP contribution in [0.2, 0.25) is 0 Å². The van der Waals surface area contributed by atoms with Gasteiger partial charge in [-0.1, -0.05) is 149 Å². The molecule has 0 saturated heterocycles. The molecule has 11 aromatic rings. The van der Waals surface area contributed by atoms with Gasteiger partial charge in [0.1, 0.15) is 22.3 Å². The fourth-order valence-corrected chi connectivity index (χ4v) is 12.7. The van der Waals surface area contributed by atoms with Crippen LogP contribution in [-0.2, 0) is 21.7 Å². The van der Waals surface area contributed by atoms with Crippen molar-refractivity contribution in [2.24, 2.45) is 0 Å². The molecule has 0 unspecified atom stereocenters. The Morgan fingerprint density at radius 2 is 1.09 bits per heavy atom. The van der Waals surface area contributed by atoms with Crippen molar-refractivity contribution in [3.63, 3.8) is 0 Å². The first-order valence-electron chi connectivity index (χ1n) is 24.5. The second kappa shape index (κ2) is 12.8. The van der Waals surface area contributed by atoms with E-state index in [1.807, 2.05) is 0 Å². The van der Waals surface area contributed by atoms with Gasteiger partial charge >= 0.3 is 6.85 Å². The minimum absolute atomic E-state index is 0.00318. The van der Waals surface area contributed by atoms with Crippen LogP contribution in [0.25, 0.3) is 93.6 Å². The lowest BCUT2D eigenvalue weighted by Gasteiger charge is -2.43. The predicted molar refractivity (Wildman–Crippen MR) is 288 cm³/mol. The average Bonchev–Trinajstić information content (AvgIpc) is 4.02. The number of para-hydroxylation sites is 1. The maximum absolute atomic E-state index is 7.04. The Morgan fingerprint density at radius 3 is 1.84 bits per heavy atom. The molecule has 1 aliphatic carbocycles. The van der Waals surface area contributed by atoms with Gasteiger partial charge in [0.25, 0.3) is 0 Å². The number of benzene rings is 8. The molecule has 4 nitrogen and oxygen atoms in total. The molecule has 2 aliphatic heterocycles. The second-order valence-electron chi connectivity index (χ2n) is 23.8. The highest BCUT2D eigenvalue weighted by Gasteiger charge is 2.50. The van der Waals surface area contributed by atoms with Crippen LogP contribution in [-0.4, -0.2) is 11.4 Å². The van der Waals surface area contributed by atoms with Gasteiger partial charge in [-0.05, 0) is 132 Å². The fraction of sp³-hybridized carbons (Fsp3) is 0.238. The minimum atomic E-state index is -0.312. The zero-order chi connectivity index (χ0) is 46.7. The summed E-state index contributed by atoms with van der Waals surface area (Å²) in [5.74, 6) is 0. The van der Waals surface area contributed by atoms with Gasteiger partial charge in [0, 0.05) is 60.4 Å². The summed E-state index contributed by atoms with van der Waals surface area (Å²) in [4.78, 5) is 2.67. The van der Waals surface area contributed by atoms with Gasteiger partial charge in [0.2, 0.25) is 0 Å². The standard InChI is InChI=1S/C63H55BN2O2/c1-60(2,3)34-20-24-37(25-21-34)66-48-30-41-39-26-22-36(62(7,8)9)29-51(39)68-52(41)32-44(48)56-57-54(40-17-12-14-18-45(40)63(57,10)11)55-43-28-35(61(4,5)6)23-27-47(43)65-49-31-42-38-16-13-15-19-50(38)67-53(42)33-46(49)64(66)58(56)59(55)65/h12-33H,1-11H3. The van der Waals surface area contributed by atoms with Crippen molar-refractivity contribution < 1.29 is 8.83 Å². The van der Waals surface area contributed by atoms with E-state index in [9.17, 15) is 0 Å². The van der Waals surface area contributed by atoms with E-state index in [4.69, 9.17) is 8.83 Å². The maximum atomic E-state index is 7.04. The van der Waals surface area contributed by atoms with E-state index in [0.717, 1.165) is 49.6 Å². The quantitative estimate of drug-likeness (QED) is 0.154. The molecule has 3 aromatic heterocycles. The van der Waals surface area contributed by atoms with E-state index in [1.54, 1.807) is 0 Å². The van der Waals surface area contributed by atoms with Gasteiger partial charge in [-0.25, -0.2) is 0 Å². The molecule has 0 fully saturated rings. The molecule has 68 heavy (non-hydrogen) atoms. The second-order valence-corrected chi connectivity index (χ2v) is 23.8. The highest BCUT2D eigenvalue weighted by atomic mass is 16.3. The topological polar surface area (TPSA) is 34.5 Å². The Bertz CT molecular complexity index is 4060. The van der Waals surface area contributed by atoms with Crippen LogP contribution in [0.3, 0.4) is 0 Å². The number of hydrogen-bond acceptors (Lipinski definition) is 3. The van der Waals surface area contributed by atoms with Gasteiger partial charge in [0.15, 0.2) is 0 Å². The summed E-state index contributed by atoms with van der Waals surface area (Å²) >= 11 is 0. The predicted octanol–water partition coefficient (Wildman–Crippen LogP) is 16.0. The van der Waals surface area contributed by atoms with Crippen molar-refractivity contribution in [1.29, 1.82) is 0 Å². The van der Waals surface area contributed by atoms with Gasteiger partial charge in [-0.2, -0.15) is 0 Å². The first kappa shape index (κ1) is 40.1. The maximum Gasteiger partial charge on any atom is 0.333 e. The molecule has 14 rings (SSSR count). The van der Waals surface area contributed by atoms with E-state index in [1.165, 1.54) is 94.2 Å². The van der Waals surface area contributed by atoms with Crippen molar-refractivity contribution >= 4 is 94.8 Å². The molecule has 0 saturated carbocycles. The van der Waals surface area contributed by atoms with E-state index in [0.29, 0.717) is 0 Å². The third kappa shape index (κ3) is 5.12. The molecule has 5 heterocycles. The number of aromatic nitrogens is 1. The number of furan rings is 2. The normalized spacial score (nSPS) is 15.0. The van der Waals surface area contributed by atoms with E-state index in [-0.39, 0.29) is 28.5 Å². The Labute approximate surface area is 398 Å². The molecular formula is C63H55BN2O2. The zero-order valence-electron chi connectivity index (χ0n) is 41.0. The lowest BCUT2D eigenvalue weighted by Crippen LogP contribution is -2.61. The Kier molecular flexibility index (Phi) is 7.53. The van der Waals surface area contributed by atoms with Crippen LogP contribution in [0.4, 0.5) is 11.4 Å². The Hall–Kier alpha value is -6.98. The molecule has 0 spiro atoms. The van der Waals surface area contributed by atoms with E-state index >= 15 is 0 Å². The molecule has 0 amide bonds. The Balaban J connectivity index is 1.22. The third-order valence-electron chi connectivity index (χ3n) is 16.2. The van der Waals surface area contributed by atoms with Crippen molar-refractivity contribution in [2.45, 2.75) is 97.8 Å². The highest BCUT2D eigenvalue weighted by molar-refractivity contribution is 6.94. The van der Waals surface area contributed by atoms with Crippen LogP contribution in [0.1, 0.15) is 104 Å². The molecule has 0 atom stereocenters. The fourth-order valence-electron chi connectivity index (χ4n) is 12.7. The third-order valence-corrected chi connectivity index (χ3v) is 16.2. The first-order valence-corrected chi connectivity index (χ1v) is 24.5. The summed E-state index contributed by atoms with van der Waals surface area (Å²) in [6, 6.07) is 51.0. The lowest BCUT2D eigenvalue weighted by atomic mass is 9.43. The molecule has 0 N–H and O–H groups in total. The summed E-state index contributed by atoms with van der Waals surface area (Å²) in [6.07, 6.45) is 0. The van der Waals surface area contributed by atoms with Crippen molar-refractivity contribution in [3.05, 3.63) is 161 Å². The number of fused-ring (bicyclic) bond motifs is 19. The summed E-state index contributed by atoms with van der Waals surface area (Å²) < 4.78 is 16.5. The number of anilines is 2. The van der Waals surface area contributed by atoms with Crippen molar-refractivity contribution in [1.82, 2.24) is 4.57 Å². The summed E-state index contributed by atoms with van der Waals surface area (Å²) in [7, 11) is 0. The van der Waals surface area contributed by atoms with Gasteiger partial charge in [-0.15, -0.1) is 0 Å². The minimum Gasteiger partial charge on any atom is -0.456 e. The molecule has 8 aromatic carbocycles. The SMILES string of the molecule is CC(C)(C)c1ccc(N2B3c4cc5oc6ccccc6c5cc4-n4c5ccc(C(C)(C)C)cc5c5c6c(c(c3c54)-c3cc4oc5cc(C(C)(C)C)ccc5c4cc32)C(C)(C)c2ccccc2-6)cc1. The lowest BCUT2D eigenvalue weighted by molar-refractivity contribution is 0.587. The molecule has 0 bridgehead atoms. The zero-order valence-corrected chi connectivity index (χ0v) is 41.0. The van der Waals surface area contributed by atoms with Crippen LogP contribution in [0.15, 0.2) is 142 Å². The number of nitrogens with zero attached hydrogens (tertiary/aromatic N) is 2. The highest BCUT2D eigenvalue weighted by Crippen LogP contribution is 2.59. The first-order chi connectivity index (χ1) is 32.4. The van der Waals surface area contributed by atoms with Crippen molar-refractivity contribution in [2.75, 3.05) is 4.81 Å². The summed E-state index contributed by atoms with van der Waals surface area (Å²) in [6.45, 7) is 25.5. The largest absolute Gasteiger partial charge is 0.456 e. The summed E-state index contributed by atoms with van der Waals surface area (Å²) in [5, 5.41) is 7.19. The van der Waals surface area contributed by atoms with E-state index < -0.39 is 0 Å². The molecule has 5 heteroatoms. The smallest absolute Gasteiger partial charge is 0.333 e. The molecule has 3 aliphatic rings. The molecule has 332 valence electrons. The number of hydrogen-bond donors (Lipinski definition) is 0. The van der Waals surface area contributed by atoms with Crippen molar-refractivity contribution in [3.8, 4) is 27.9 Å². The van der Waals surface area contributed by atoms with Gasteiger partial charge in [0.05, 0.1) is 11.0 Å². The Morgan fingerprint density at radius 1 is 0.485 bits per heavy atom. The van der Waals surface area contributed by atoms with E-state index in [2.05, 4.69) is 219 Å². The average molecular weight is 883 g/mol.